The van der Waals surface area contributed by atoms with Crippen LogP contribution in [0.3, 0.4) is 0 Å². The molecule has 0 spiro atoms. The Hall–Kier alpha value is -0.570. The van der Waals surface area contributed by atoms with E-state index in [1.165, 1.54) is 25.7 Å². The van der Waals surface area contributed by atoms with E-state index in [-0.39, 0.29) is 5.91 Å². The molecule has 2 fully saturated rings. The lowest BCUT2D eigenvalue weighted by molar-refractivity contribution is -0.121. The monoisotopic (exact) mass is 210 g/mol. The number of amides is 1. The van der Waals surface area contributed by atoms with Crippen molar-refractivity contribution < 1.29 is 4.79 Å². The van der Waals surface area contributed by atoms with Gasteiger partial charge in [-0.05, 0) is 50.5 Å². The molecule has 0 heterocycles. The number of hydrogen-bond acceptors (Lipinski definition) is 2. The van der Waals surface area contributed by atoms with Gasteiger partial charge in [0.05, 0.1) is 0 Å². The molecule has 0 atom stereocenters. The number of rotatable bonds is 7. The molecule has 15 heavy (non-hydrogen) atoms. The van der Waals surface area contributed by atoms with Gasteiger partial charge in [0.25, 0.3) is 0 Å². The molecule has 86 valence electrons. The van der Waals surface area contributed by atoms with Gasteiger partial charge in [-0.2, -0.15) is 0 Å². The van der Waals surface area contributed by atoms with E-state index in [4.69, 9.17) is 0 Å². The first-order chi connectivity index (χ1) is 7.31. The second kappa shape index (κ2) is 4.97. The topological polar surface area (TPSA) is 41.1 Å². The van der Waals surface area contributed by atoms with Gasteiger partial charge in [-0.15, -0.1) is 0 Å². The van der Waals surface area contributed by atoms with E-state index < -0.39 is 0 Å². The summed E-state index contributed by atoms with van der Waals surface area (Å²) in [6, 6.07) is 0. The highest BCUT2D eigenvalue weighted by molar-refractivity contribution is 5.76. The first kappa shape index (κ1) is 10.9. The molecule has 2 saturated carbocycles. The van der Waals surface area contributed by atoms with Crippen LogP contribution in [0.1, 0.15) is 32.1 Å². The highest BCUT2D eigenvalue weighted by atomic mass is 16.1. The van der Waals surface area contributed by atoms with E-state index in [0.29, 0.717) is 6.42 Å². The van der Waals surface area contributed by atoms with Gasteiger partial charge in [0.2, 0.25) is 5.91 Å². The fraction of sp³-hybridized carbons (Fsp3) is 0.917. The van der Waals surface area contributed by atoms with E-state index in [9.17, 15) is 4.79 Å². The average Bonchev–Trinajstić information content (AvgIpc) is 3.05. The molecule has 0 bridgehead atoms. The number of hydrogen-bond donors (Lipinski definition) is 2. The Labute approximate surface area is 92.0 Å². The van der Waals surface area contributed by atoms with Crippen molar-refractivity contribution in [3.8, 4) is 0 Å². The summed E-state index contributed by atoms with van der Waals surface area (Å²) < 4.78 is 0. The fourth-order valence-electron chi connectivity index (χ4n) is 2.33. The molecular weight excluding hydrogens is 188 g/mol. The van der Waals surface area contributed by atoms with E-state index in [0.717, 1.165) is 30.8 Å². The molecule has 0 unspecified atom stereocenters. The molecule has 2 aliphatic carbocycles. The van der Waals surface area contributed by atoms with Crippen molar-refractivity contribution in [2.75, 3.05) is 20.1 Å². The van der Waals surface area contributed by atoms with Crippen LogP contribution in [0.2, 0.25) is 0 Å². The van der Waals surface area contributed by atoms with Crippen molar-refractivity contribution in [2.24, 2.45) is 17.8 Å². The predicted octanol–water partition coefficient (Wildman–Crippen LogP) is 1.15. The van der Waals surface area contributed by atoms with Crippen molar-refractivity contribution >= 4 is 5.91 Å². The predicted molar refractivity (Wildman–Crippen MR) is 60.5 cm³/mol. The Morgan fingerprint density at radius 1 is 1.27 bits per heavy atom. The molecule has 1 amide bonds. The summed E-state index contributed by atoms with van der Waals surface area (Å²) in [6.07, 6.45) is 6.20. The minimum absolute atomic E-state index is 0.204. The first-order valence-corrected chi connectivity index (χ1v) is 6.22. The molecule has 2 aliphatic rings. The minimum Gasteiger partial charge on any atom is -0.356 e. The van der Waals surface area contributed by atoms with E-state index in [1.807, 2.05) is 7.05 Å². The maximum absolute atomic E-state index is 11.4. The summed E-state index contributed by atoms with van der Waals surface area (Å²) in [5.41, 5.74) is 0. The van der Waals surface area contributed by atoms with Gasteiger partial charge < -0.3 is 10.6 Å². The van der Waals surface area contributed by atoms with Crippen LogP contribution in [0.25, 0.3) is 0 Å². The third kappa shape index (κ3) is 3.49. The lowest BCUT2D eigenvalue weighted by Crippen LogP contribution is -2.32. The third-order valence-corrected chi connectivity index (χ3v) is 3.59. The second-order valence-corrected chi connectivity index (χ2v) is 5.00. The van der Waals surface area contributed by atoms with Gasteiger partial charge in [0.15, 0.2) is 0 Å². The smallest absolute Gasteiger partial charge is 0.221 e. The van der Waals surface area contributed by atoms with E-state index >= 15 is 0 Å². The Balaban J connectivity index is 1.64. The summed E-state index contributed by atoms with van der Waals surface area (Å²) in [6.45, 7) is 1.71. The largest absolute Gasteiger partial charge is 0.356 e. The van der Waals surface area contributed by atoms with Gasteiger partial charge in [-0.1, -0.05) is 0 Å². The van der Waals surface area contributed by atoms with Gasteiger partial charge in [-0.25, -0.2) is 0 Å². The summed E-state index contributed by atoms with van der Waals surface area (Å²) in [7, 11) is 1.88. The molecule has 0 saturated heterocycles. The summed E-state index contributed by atoms with van der Waals surface area (Å²) in [5.74, 6) is 2.86. The molecule has 0 radical (unpaired) electrons. The van der Waals surface area contributed by atoms with E-state index in [1.54, 1.807) is 0 Å². The third-order valence-electron chi connectivity index (χ3n) is 3.59. The Morgan fingerprint density at radius 3 is 2.33 bits per heavy atom. The quantitative estimate of drug-likeness (QED) is 0.662. The van der Waals surface area contributed by atoms with Crippen LogP contribution in [0.4, 0.5) is 0 Å². The molecule has 2 rings (SSSR count). The van der Waals surface area contributed by atoms with Gasteiger partial charge in [0, 0.05) is 19.5 Å². The van der Waals surface area contributed by atoms with Crippen LogP contribution < -0.4 is 10.6 Å². The molecule has 0 aromatic carbocycles. The Morgan fingerprint density at radius 2 is 1.87 bits per heavy atom. The maximum atomic E-state index is 11.4. The SMILES string of the molecule is CNCCC(=O)NCC(C1CC1)C1CC1. The molecule has 3 nitrogen and oxygen atoms in total. The standard InChI is InChI=1S/C12H22N2O/c1-13-7-6-12(15)14-8-11(9-2-3-9)10-4-5-10/h9-11,13H,2-8H2,1H3,(H,14,15). The van der Waals surface area contributed by atoms with E-state index in [2.05, 4.69) is 10.6 Å². The summed E-state index contributed by atoms with van der Waals surface area (Å²) in [5, 5.41) is 6.08. The average molecular weight is 210 g/mol. The Kier molecular flexibility index (Phi) is 3.62. The second-order valence-electron chi connectivity index (χ2n) is 5.00. The molecule has 3 heteroatoms. The van der Waals surface area contributed by atoms with Crippen molar-refractivity contribution in [3.63, 3.8) is 0 Å². The summed E-state index contributed by atoms with van der Waals surface area (Å²) in [4.78, 5) is 11.4. The van der Waals surface area contributed by atoms with Gasteiger partial charge in [0.1, 0.15) is 0 Å². The molecule has 0 aromatic rings. The van der Waals surface area contributed by atoms with Crippen LogP contribution in [0, 0.1) is 17.8 Å². The molecule has 0 aromatic heterocycles. The lowest BCUT2D eigenvalue weighted by Gasteiger charge is -2.16. The van der Waals surface area contributed by atoms with Crippen LogP contribution >= 0.6 is 0 Å². The normalized spacial score (nSPS) is 20.7. The van der Waals surface area contributed by atoms with Crippen molar-refractivity contribution in [1.29, 1.82) is 0 Å². The zero-order valence-corrected chi connectivity index (χ0v) is 9.59. The van der Waals surface area contributed by atoms with Crippen LogP contribution in [-0.4, -0.2) is 26.0 Å². The highest BCUT2D eigenvalue weighted by Gasteiger charge is 2.41. The van der Waals surface area contributed by atoms with Crippen LogP contribution in [-0.2, 0) is 4.79 Å². The minimum atomic E-state index is 0.204. The fourth-order valence-corrected chi connectivity index (χ4v) is 2.33. The van der Waals surface area contributed by atoms with Crippen molar-refractivity contribution in [2.45, 2.75) is 32.1 Å². The lowest BCUT2D eigenvalue weighted by atomic mass is 9.98. The molecular formula is C12H22N2O. The Bertz CT molecular complexity index is 210. The molecule has 2 N–H and O–H groups in total. The highest BCUT2D eigenvalue weighted by Crippen LogP contribution is 2.48. The van der Waals surface area contributed by atoms with Crippen molar-refractivity contribution in [1.82, 2.24) is 10.6 Å². The summed E-state index contributed by atoms with van der Waals surface area (Å²) >= 11 is 0. The number of carbonyl (C=O) groups excluding carboxylic acids is 1. The van der Waals surface area contributed by atoms with Gasteiger partial charge >= 0.3 is 0 Å². The maximum Gasteiger partial charge on any atom is 0.221 e. The number of nitrogens with one attached hydrogen (secondary N) is 2. The zero-order chi connectivity index (χ0) is 10.7. The number of carbonyl (C=O) groups is 1. The zero-order valence-electron chi connectivity index (χ0n) is 9.59. The van der Waals surface area contributed by atoms with Crippen LogP contribution in [0.5, 0.6) is 0 Å². The molecule has 0 aliphatic heterocycles. The van der Waals surface area contributed by atoms with Gasteiger partial charge in [-0.3, -0.25) is 4.79 Å². The van der Waals surface area contributed by atoms with Crippen LogP contribution in [0.15, 0.2) is 0 Å². The first-order valence-electron chi connectivity index (χ1n) is 6.22. The van der Waals surface area contributed by atoms with Crippen molar-refractivity contribution in [3.05, 3.63) is 0 Å².